The highest BCUT2D eigenvalue weighted by Crippen LogP contribution is 2.20. The molecule has 0 aliphatic rings. The molecule has 0 amide bonds. The van der Waals surface area contributed by atoms with Gasteiger partial charge in [0.1, 0.15) is 10.7 Å². The van der Waals surface area contributed by atoms with Crippen LogP contribution in [0.3, 0.4) is 0 Å². The maximum absolute atomic E-state index is 13.6. The molecule has 1 rings (SSSR count). The van der Waals surface area contributed by atoms with E-state index in [1.54, 1.807) is 13.8 Å². The fourth-order valence-corrected chi connectivity index (χ4v) is 3.16. The number of aliphatic carboxylic acids is 1. The maximum atomic E-state index is 13.6. The minimum Gasteiger partial charge on any atom is -0.481 e. The molecule has 0 heterocycles. The second-order valence-corrected chi connectivity index (χ2v) is 6.76. The average molecular weight is 324 g/mol. The summed E-state index contributed by atoms with van der Waals surface area (Å²) in [5.41, 5.74) is 0. The van der Waals surface area contributed by atoms with E-state index in [2.05, 4.69) is 4.72 Å². The number of nitrogens with one attached hydrogen (secondary N) is 1. The fraction of sp³-hybridized carbons (Fsp3) is 0.417. The van der Waals surface area contributed by atoms with Crippen molar-refractivity contribution in [2.75, 3.05) is 0 Å². The Kier molecular flexibility index (Phi) is 5.50. The highest BCUT2D eigenvalue weighted by Gasteiger charge is 2.26. The summed E-state index contributed by atoms with van der Waals surface area (Å²) in [5, 5.41) is 8.84. The van der Waals surface area contributed by atoms with Gasteiger partial charge in [-0.05, 0) is 24.1 Å². The van der Waals surface area contributed by atoms with Crippen molar-refractivity contribution in [1.82, 2.24) is 4.72 Å². The van der Waals surface area contributed by atoms with E-state index < -0.39 is 32.7 Å². The molecule has 0 aliphatic heterocycles. The lowest BCUT2D eigenvalue weighted by Gasteiger charge is -2.20. The number of benzene rings is 1. The second-order valence-electron chi connectivity index (χ2n) is 4.64. The van der Waals surface area contributed by atoms with Crippen molar-refractivity contribution in [3.8, 4) is 0 Å². The number of hydrogen-bond donors (Lipinski definition) is 2. The van der Waals surface area contributed by atoms with E-state index in [9.17, 15) is 17.6 Å². The molecule has 0 aromatic heterocycles. The zero-order valence-corrected chi connectivity index (χ0v) is 12.5. The molecule has 0 saturated carbocycles. The number of carboxylic acid groups (broad SMARTS) is 1. The summed E-state index contributed by atoms with van der Waals surface area (Å²) in [4.78, 5) is 10.2. The number of rotatable bonds is 6. The van der Waals surface area contributed by atoms with Crippen LogP contribution in [0, 0.1) is 11.7 Å². The molecule has 1 atom stereocenters. The average Bonchev–Trinajstić information content (AvgIpc) is 2.26. The van der Waals surface area contributed by atoms with Crippen LogP contribution in [-0.2, 0) is 14.8 Å². The van der Waals surface area contributed by atoms with E-state index in [0.29, 0.717) is 0 Å². The molecule has 0 radical (unpaired) electrons. The normalized spacial score (nSPS) is 13.4. The molecule has 0 saturated heterocycles. The third-order valence-electron chi connectivity index (χ3n) is 2.69. The molecular formula is C12H15ClFNO4S. The third-order valence-corrected chi connectivity index (χ3v) is 4.45. The van der Waals surface area contributed by atoms with Crippen LogP contribution in [0.5, 0.6) is 0 Å². The minimum absolute atomic E-state index is 0.0763. The monoisotopic (exact) mass is 323 g/mol. The van der Waals surface area contributed by atoms with Gasteiger partial charge < -0.3 is 5.11 Å². The van der Waals surface area contributed by atoms with Gasteiger partial charge in [0.25, 0.3) is 0 Å². The van der Waals surface area contributed by atoms with Gasteiger partial charge in [0, 0.05) is 11.1 Å². The van der Waals surface area contributed by atoms with Gasteiger partial charge >= 0.3 is 5.97 Å². The lowest BCUT2D eigenvalue weighted by atomic mass is 10.0. The van der Waals surface area contributed by atoms with Crippen molar-refractivity contribution >= 4 is 27.6 Å². The Bertz CT molecular complexity index is 603. The molecule has 1 aromatic rings. The van der Waals surface area contributed by atoms with E-state index >= 15 is 0 Å². The smallest absolute Gasteiger partial charge is 0.304 e. The van der Waals surface area contributed by atoms with Crippen LogP contribution < -0.4 is 4.72 Å². The summed E-state index contributed by atoms with van der Waals surface area (Å²) >= 11 is 5.56. The van der Waals surface area contributed by atoms with Gasteiger partial charge in [0.2, 0.25) is 10.0 Å². The van der Waals surface area contributed by atoms with Gasteiger partial charge in [0.05, 0.1) is 6.42 Å². The summed E-state index contributed by atoms with van der Waals surface area (Å²) in [7, 11) is -4.14. The Morgan fingerprint density at radius 1 is 1.45 bits per heavy atom. The minimum atomic E-state index is -4.14. The predicted octanol–water partition coefficient (Wildman–Crippen LogP) is 2.26. The van der Waals surface area contributed by atoms with Gasteiger partial charge in [-0.1, -0.05) is 25.4 Å². The lowest BCUT2D eigenvalue weighted by Crippen LogP contribution is -2.40. The van der Waals surface area contributed by atoms with E-state index in [1.807, 2.05) is 0 Å². The van der Waals surface area contributed by atoms with Gasteiger partial charge in [-0.25, -0.2) is 17.5 Å². The molecule has 0 fully saturated rings. The first-order valence-electron chi connectivity index (χ1n) is 5.82. The number of halogens is 2. The van der Waals surface area contributed by atoms with Crippen LogP contribution in [0.25, 0.3) is 0 Å². The summed E-state index contributed by atoms with van der Waals surface area (Å²) in [6.07, 6.45) is -0.383. The summed E-state index contributed by atoms with van der Waals surface area (Å²) in [6.45, 7) is 3.35. The highest BCUT2D eigenvalue weighted by molar-refractivity contribution is 7.89. The quantitative estimate of drug-likeness (QED) is 0.841. The second kappa shape index (κ2) is 6.51. The Labute approximate surface area is 121 Å². The first-order chi connectivity index (χ1) is 9.13. The molecule has 0 aliphatic carbocycles. The molecule has 0 spiro atoms. The van der Waals surface area contributed by atoms with Crippen molar-refractivity contribution in [3.63, 3.8) is 0 Å². The molecule has 20 heavy (non-hydrogen) atoms. The zero-order valence-electron chi connectivity index (χ0n) is 10.9. The van der Waals surface area contributed by atoms with Crippen LogP contribution >= 0.6 is 11.6 Å². The van der Waals surface area contributed by atoms with Crippen molar-refractivity contribution in [2.24, 2.45) is 5.92 Å². The van der Waals surface area contributed by atoms with Crippen molar-refractivity contribution < 1.29 is 22.7 Å². The topological polar surface area (TPSA) is 83.5 Å². The molecule has 5 nitrogen and oxygen atoms in total. The summed E-state index contributed by atoms with van der Waals surface area (Å²) in [6, 6.07) is 2.35. The van der Waals surface area contributed by atoms with E-state index in [4.69, 9.17) is 16.7 Å². The van der Waals surface area contributed by atoms with Gasteiger partial charge in [-0.15, -0.1) is 0 Å². The maximum Gasteiger partial charge on any atom is 0.304 e. The number of sulfonamides is 1. The van der Waals surface area contributed by atoms with Crippen molar-refractivity contribution in [1.29, 1.82) is 0 Å². The lowest BCUT2D eigenvalue weighted by molar-refractivity contribution is -0.137. The highest BCUT2D eigenvalue weighted by atomic mass is 35.5. The van der Waals surface area contributed by atoms with Crippen LogP contribution in [0.1, 0.15) is 20.3 Å². The van der Waals surface area contributed by atoms with Crippen LogP contribution in [0.2, 0.25) is 5.02 Å². The van der Waals surface area contributed by atoms with Gasteiger partial charge in [-0.2, -0.15) is 0 Å². The van der Waals surface area contributed by atoms with Crippen LogP contribution in [0.15, 0.2) is 23.1 Å². The Morgan fingerprint density at radius 3 is 2.50 bits per heavy atom. The number of hydrogen-bond acceptors (Lipinski definition) is 3. The van der Waals surface area contributed by atoms with E-state index in [1.165, 1.54) is 6.07 Å². The standard InChI is InChI=1S/C12H15ClFNO4S/c1-7(2)10(6-12(16)17)15-20(18,19)11-4-3-8(13)5-9(11)14/h3-5,7,10,15H,6H2,1-2H3,(H,16,17). The van der Waals surface area contributed by atoms with Crippen LogP contribution in [0.4, 0.5) is 4.39 Å². The zero-order chi connectivity index (χ0) is 15.5. The van der Waals surface area contributed by atoms with Gasteiger partial charge in [0.15, 0.2) is 0 Å². The third kappa shape index (κ3) is 4.43. The van der Waals surface area contributed by atoms with Crippen molar-refractivity contribution in [3.05, 3.63) is 29.0 Å². The predicted molar refractivity (Wildman–Crippen MR) is 72.6 cm³/mol. The Hall–Kier alpha value is -1.18. The van der Waals surface area contributed by atoms with E-state index in [0.717, 1.165) is 12.1 Å². The van der Waals surface area contributed by atoms with Crippen molar-refractivity contribution in [2.45, 2.75) is 31.2 Å². The SMILES string of the molecule is CC(C)C(CC(=O)O)NS(=O)(=O)c1ccc(Cl)cc1F. The first-order valence-corrected chi connectivity index (χ1v) is 7.68. The largest absolute Gasteiger partial charge is 0.481 e. The number of carboxylic acids is 1. The Balaban J connectivity index is 3.06. The molecule has 1 aromatic carbocycles. The molecule has 0 bridgehead atoms. The van der Waals surface area contributed by atoms with E-state index in [-0.39, 0.29) is 17.4 Å². The Morgan fingerprint density at radius 2 is 2.05 bits per heavy atom. The molecule has 1 unspecified atom stereocenters. The molecule has 2 N–H and O–H groups in total. The summed E-state index contributed by atoms with van der Waals surface area (Å²) in [5.74, 6) is -2.37. The summed E-state index contributed by atoms with van der Waals surface area (Å²) < 4.78 is 40.0. The molecule has 8 heteroatoms. The molecular weight excluding hydrogens is 309 g/mol. The van der Waals surface area contributed by atoms with Crippen LogP contribution in [-0.4, -0.2) is 25.5 Å². The van der Waals surface area contributed by atoms with Gasteiger partial charge in [-0.3, -0.25) is 4.79 Å². The fourth-order valence-electron chi connectivity index (χ4n) is 1.56. The number of carbonyl (C=O) groups is 1. The molecule has 112 valence electrons. The first kappa shape index (κ1) is 16.9.